The van der Waals surface area contributed by atoms with Crippen LogP contribution in [0.1, 0.15) is 30.4 Å². The molecule has 0 radical (unpaired) electrons. The Balaban J connectivity index is 1.46. The number of H-pyrrole nitrogens is 2. The fraction of sp³-hybridized carbons (Fsp3) is 0.0769. The zero-order valence-corrected chi connectivity index (χ0v) is 20.3. The zero-order chi connectivity index (χ0) is 25.2. The molecule has 5 rings (SSSR count). The van der Waals surface area contributed by atoms with Gasteiger partial charge in [-0.05, 0) is 42.5 Å². The van der Waals surface area contributed by atoms with Crippen LogP contribution in [0.15, 0.2) is 73.1 Å². The van der Waals surface area contributed by atoms with Gasteiger partial charge in [0.05, 0.1) is 16.6 Å². The van der Waals surface area contributed by atoms with E-state index in [1.165, 1.54) is 23.3 Å². The van der Waals surface area contributed by atoms with Crippen LogP contribution in [-0.4, -0.2) is 47.0 Å². The first kappa shape index (κ1) is 23.1. The number of rotatable bonds is 6. The van der Waals surface area contributed by atoms with E-state index in [0.29, 0.717) is 32.6 Å². The van der Waals surface area contributed by atoms with Crippen LogP contribution in [0.5, 0.6) is 0 Å². The highest BCUT2D eigenvalue weighted by Crippen LogP contribution is 2.32. The summed E-state index contributed by atoms with van der Waals surface area (Å²) in [5.41, 5.74) is 3.02. The van der Waals surface area contributed by atoms with Crippen LogP contribution < -0.4 is 15.5 Å². The van der Waals surface area contributed by atoms with Crippen LogP contribution >= 0.6 is 11.3 Å². The number of nitrogens with one attached hydrogen (secondary N) is 4. The number of carbonyl (C=O) groups is 3. The molecule has 0 saturated heterocycles. The first-order valence-electron chi connectivity index (χ1n) is 11.1. The van der Waals surface area contributed by atoms with Crippen molar-refractivity contribution in [1.82, 2.24) is 20.5 Å². The molecular weight excluding hydrogens is 476 g/mol. The van der Waals surface area contributed by atoms with E-state index in [1.54, 1.807) is 55.8 Å². The van der Waals surface area contributed by atoms with Gasteiger partial charge in [0, 0.05) is 52.9 Å². The Kier molecular flexibility index (Phi) is 6.09. The highest BCUT2D eigenvalue weighted by molar-refractivity contribution is 7.17. The Bertz CT molecular complexity index is 1570. The molecule has 3 aromatic heterocycles. The van der Waals surface area contributed by atoms with Gasteiger partial charge >= 0.3 is 0 Å². The Morgan fingerprint density at radius 2 is 1.81 bits per heavy atom. The van der Waals surface area contributed by atoms with Gasteiger partial charge in [-0.25, -0.2) is 0 Å². The third kappa shape index (κ3) is 4.25. The number of aromatic amines is 2. The van der Waals surface area contributed by atoms with Crippen molar-refractivity contribution in [2.45, 2.75) is 0 Å². The van der Waals surface area contributed by atoms with Gasteiger partial charge < -0.3 is 20.5 Å². The van der Waals surface area contributed by atoms with E-state index in [1.807, 2.05) is 24.3 Å². The fourth-order valence-corrected chi connectivity index (χ4v) is 4.80. The molecule has 36 heavy (non-hydrogen) atoms. The van der Waals surface area contributed by atoms with Gasteiger partial charge in [0.1, 0.15) is 5.82 Å². The van der Waals surface area contributed by atoms with Gasteiger partial charge in [-0.2, -0.15) is 5.10 Å². The number of hydrogen-bond acceptors (Lipinski definition) is 5. The van der Waals surface area contributed by atoms with Gasteiger partial charge in [0.15, 0.2) is 0 Å². The van der Waals surface area contributed by atoms with E-state index in [2.05, 4.69) is 25.8 Å². The van der Waals surface area contributed by atoms with E-state index >= 15 is 0 Å². The van der Waals surface area contributed by atoms with E-state index in [0.717, 1.165) is 10.4 Å². The Hall–Kier alpha value is -4.70. The van der Waals surface area contributed by atoms with E-state index in [-0.39, 0.29) is 23.5 Å². The molecule has 180 valence electrons. The number of carbonyl (C=O) groups excluding carboxylic acids is 3. The number of anilines is 2. The topological polar surface area (TPSA) is 123 Å². The summed E-state index contributed by atoms with van der Waals surface area (Å²) in [7, 11) is 3.22. The maximum atomic E-state index is 13.0. The highest BCUT2D eigenvalue weighted by Gasteiger charge is 2.22. The van der Waals surface area contributed by atoms with Gasteiger partial charge in [-0.15, -0.1) is 11.3 Å². The van der Waals surface area contributed by atoms with Crippen LogP contribution in [0.2, 0.25) is 0 Å². The zero-order valence-electron chi connectivity index (χ0n) is 19.5. The summed E-state index contributed by atoms with van der Waals surface area (Å²) in [6.45, 7) is 0. The second kappa shape index (κ2) is 9.51. The molecule has 4 N–H and O–H groups in total. The molecule has 0 unspecified atom stereocenters. The Morgan fingerprint density at radius 3 is 2.53 bits per heavy atom. The van der Waals surface area contributed by atoms with E-state index < -0.39 is 0 Å². The maximum absolute atomic E-state index is 13.0. The van der Waals surface area contributed by atoms with Crippen LogP contribution in [0, 0.1) is 0 Å². The first-order chi connectivity index (χ1) is 17.5. The summed E-state index contributed by atoms with van der Waals surface area (Å²) >= 11 is 1.32. The third-order valence-electron chi connectivity index (χ3n) is 5.80. The maximum Gasteiger partial charge on any atom is 0.266 e. The monoisotopic (exact) mass is 498 g/mol. The number of amides is 3. The summed E-state index contributed by atoms with van der Waals surface area (Å²) in [4.78, 5) is 44.7. The summed E-state index contributed by atoms with van der Waals surface area (Å²) in [5.74, 6) is -0.569. The lowest BCUT2D eigenvalue weighted by molar-refractivity contribution is 0.0963. The number of thiophene rings is 1. The average Bonchev–Trinajstić information content (AvgIpc) is 3.67. The van der Waals surface area contributed by atoms with Gasteiger partial charge in [0.2, 0.25) is 0 Å². The van der Waals surface area contributed by atoms with Gasteiger partial charge in [-0.3, -0.25) is 19.5 Å². The van der Waals surface area contributed by atoms with Crippen LogP contribution in [0.25, 0.3) is 21.3 Å². The number of nitrogens with zero attached hydrogens (tertiary/aromatic N) is 2. The van der Waals surface area contributed by atoms with Crippen LogP contribution in [-0.2, 0) is 0 Å². The molecule has 0 fully saturated rings. The molecule has 0 aliphatic heterocycles. The van der Waals surface area contributed by atoms with Crippen molar-refractivity contribution in [3.63, 3.8) is 0 Å². The predicted octanol–water partition coefficient (Wildman–Crippen LogP) is 4.51. The number of aromatic nitrogens is 3. The summed E-state index contributed by atoms with van der Waals surface area (Å²) in [6, 6.07) is 17.9. The van der Waals surface area contributed by atoms with Crippen molar-refractivity contribution < 1.29 is 14.4 Å². The molecule has 0 aliphatic rings. The smallest absolute Gasteiger partial charge is 0.266 e. The molecule has 3 heterocycles. The molecule has 5 aromatic rings. The standard InChI is InChI=1S/C26H22N6O3S/c1-27-25(34)22-18-9-8-17(32(2)26(35)15-6-4-3-5-7-15)12-19(18)30-23(22)31-24(33)21-11-10-20(36-21)16-13-28-29-14-16/h3-14,30H,1-2H3,(H,27,34)(H,28,29)(H,31,33). The molecule has 10 heteroatoms. The molecule has 0 aliphatic carbocycles. The number of hydrogen-bond donors (Lipinski definition) is 4. The minimum absolute atomic E-state index is 0.160. The van der Waals surface area contributed by atoms with Gasteiger partial charge in [0.25, 0.3) is 17.7 Å². The normalized spacial score (nSPS) is 10.8. The minimum Gasteiger partial charge on any atom is -0.355 e. The Morgan fingerprint density at radius 1 is 1.00 bits per heavy atom. The molecule has 0 spiro atoms. The first-order valence-corrected chi connectivity index (χ1v) is 11.9. The van der Waals surface area contributed by atoms with Crippen molar-refractivity contribution in [2.75, 3.05) is 24.3 Å². The van der Waals surface area contributed by atoms with Crippen molar-refractivity contribution in [3.05, 3.63) is 89.1 Å². The Labute approximate surface area is 210 Å². The summed E-state index contributed by atoms with van der Waals surface area (Å²) in [6.07, 6.45) is 3.44. The summed E-state index contributed by atoms with van der Waals surface area (Å²) in [5, 5.41) is 12.8. The molecule has 0 bridgehead atoms. The lowest BCUT2D eigenvalue weighted by Crippen LogP contribution is -2.26. The fourth-order valence-electron chi connectivity index (χ4n) is 3.92. The van der Waals surface area contributed by atoms with Crippen molar-refractivity contribution in [2.24, 2.45) is 0 Å². The quantitative estimate of drug-likeness (QED) is 0.275. The average molecular weight is 499 g/mol. The van der Waals surface area contributed by atoms with Crippen molar-refractivity contribution in [3.8, 4) is 10.4 Å². The third-order valence-corrected chi connectivity index (χ3v) is 6.93. The van der Waals surface area contributed by atoms with E-state index in [9.17, 15) is 14.4 Å². The van der Waals surface area contributed by atoms with Crippen LogP contribution in [0.4, 0.5) is 11.5 Å². The second-order valence-corrected chi connectivity index (χ2v) is 9.10. The molecule has 2 aromatic carbocycles. The summed E-state index contributed by atoms with van der Waals surface area (Å²) < 4.78 is 0. The second-order valence-electron chi connectivity index (χ2n) is 8.02. The van der Waals surface area contributed by atoms with Crippen molar-refractivity contribution in [1.29, 1.82) is 0 Å². The van der Waals surface area contributed by atoms with E-state index in [4.69, 9.17) is 0 Å². The molecule has 0 atom stereocenters. The molecule has 0 saturated carbocycles. The number of fused-ring (bicyclic) bond motifs is 1. The van der Waals surface area contributed by atoms with Crippen molar-refractivity contribution >= 4 is 51.5 Å². The highest BCUT2D eigenvalue weighted by atomic mass is 32.1. The predicted molar refractivity (Wildman–Crippen MR) is 141 cm³/mol. The number of benzene rings is 2. The molecular formula is C26H22N6O3S. The minimum atomic E-state index is -0.344. The largest absolute Gasteiger partial charge is 0.355 e. The lowest BCUT2D eigenvalue weighted by Gasteiger charge is -2.17. The lowest BCUT2D eigenvalue weighted by atomic mass is 10.1. The van der Waals surface area contributed by atoms with Gasteiger partial charge in [-0.1, -0.05) is 18.2 Å². The van der Waals surface area contributed by atoms with Crippen LogP contribution in [0.3, 0.4) is 0 Å². The molecule has 9 nitrogen and oxygen atoms in total. The SMILES string of the molecule is CNC(=O)c1c(NC(=O)c2ccc(-c3cn[nH]c3)s2)[nH]c2cc(N(C)C(=O)c3ccccc3)ccc12. The molecule has 3 amide bonds.